The van der Waals surface area contributed by atoms with Crippen LogP contribution >= 0.6 is 11.8 Å². The van der Waals surface area contributed by atoms with Gasteiger partial charge in [0.25, 0.3) is 0 Å². The average molecular weight is 555 g/mol. The summed E-state index contributed by atoms with van der Waals surface area (Å²) in [7, 11) is 3.28. The third-order valence-corrected chi connectivity index (χ3v) is 8.86. The molecule has 1 aromatic heterocycles. The number of alkyl halides is 1. The summed E-state index contributed by atoms with van der Waals surface area (Å²) < 4.78 is 26.1. The first-order valence-electron chi connectivity index (χ1n) is 13.7. The molecule has 0 radical (unpaired) electrons. The van der Waals surface area contributed by atoms with Crippen molar-refractivity contribution in [3.05, 3.63) is 60.3 Å². The van der Waals surface area contributed by atoms with Crippen LogP contribution in [0.2, 0.25) is 0 Å². The molecule has 4 rings (SSSR count). The van der Waals surface area contributed by atoms with Crippen molar-refractivity contribution in [1.29, 1.82) is 0 Å². The SMILES string of the molecule is COc1ccc(SCCCN2CC[C@@H](CCC(F)c3ccnc4ccc(OC)cc34)[C@@H](CCC(=O)O)C2)cc1. The van der Waals surface area contributed by atoms with Crippen molar-refractivity contribution in [2.24, 2.45) is 11.8 Å². The number of piperidine rings is 1. The van der Waals surface area contributed by atoms with Crippen LogP contribution in [0, 0.1) is 11.8 Å². The summed E-state index contributed by atoms with van der Waals surface area (Å²) in [6.45, 7) is 2.86. The molecule has 1 saturated heterocycles. The molecule has 39 heavy (non-hydrogen) atoms. The Hall–Kier alpha value is -2.84. The van der Waals surface area contributed by atoms with Gasteiger partial charge in [0.05, 0.1) is 19.7 Å². The van der Waals surface area contributed by atoms with Gasteiger partial charge in [-0.1, -0.05) is 0 Å². The van der Waals surface area contributed by atoms with Crippen LogP contribution < -0.4 is 9.47 Å². The van der Waals surface area contributed by atoms with E-state index in [0.717, 1.165) is 61.3 Å². The molecule has 3 aromatic rings. The summed E-state index contributed by atoms with van der Waals surface area (Å²) in [5.41, 5.74) is 1.40. The van der Waals surface area contributed by atoms with Crippen LogP contribution in [0.15, 0.2) is 59.6 Å². The number of pyridine rings is 1. The molecule has 1 fully saturated rings. The maximum Gasteiger partial charge on any atom is 0.303 e. The van der Waals surface area contributed by atoms with Gasteiger partial charge in [-0.3, -0.25) is 9.78 Å². The number of fused-ring (bicyclic) bond motifs is 1. The predicted octanol–water partition coefficient (Wildman–Crippen LogP) is 7.03. The maximum atomic E-state index is 15.6. The number of nitrogens with zero attached hydrogens (tertiary/aromatic N) is 2. The van der Waals surface area contributed by atoms with E-state index in [1.54, 1.807) is 26.5 Å². The molecule has 2 heterocycles. The van der Waals surface area contributed by atoms with Gasteiger partial charge in [0.2, 0.25) is 0 Å². The number of rotatable bonds is 14. The Morgan fingerprint density at radius 3 is 2.62 bits per heavy atom. The quantitative estimate of drug-likeness (QED) is 0.169. The number of benzene rings is 2. The molecule has 1 aliphatic heterocycles. The second-order valence-corrected chi connectivity index (χ2v) is 11.4. The smallest absolute Gasteiger partial charge is 0.303 e. The number of halogens is 1. The monoisotopic (exact) mass is 554 g/mol. The molecule has 8 heteroatoms. The highest BCUT2D eigenvalue weighted by Crippen LogP contribution is 2.36. The number of ether oxygens (including phenoxy) is 2. The molecule has 0 spiro atoms. The minimum atomic E-state index is -1.10. The van der Waals surface area contributed by atoms with E-state index in [2.05, 4.69) is 22.0 Å². The fraction of sp³-hybridized carbons (Fsp3) is 0.484. The molecule has 0 aliphatic carbocycles. The average Bonchev–Trinajstić information content (AvgIpc) is 2.97. The van der Waals surface area contributed by atoms with E-state index in [-0.39, 0.29) is 12.3 Å². The lowest BCUT2D eigenvalue weighted by Crippen LogP contribution is -2.41. The first kappa shape index (κ1) is 29.2. The molecular formula is C31H39FN2O4S. The van der Waals surface area contributed by atoms with Crippen molar-refractivity contribution in [2.75, 3.05) is 39.6 Å². The van der Waals surface area contributed by atoms with Crippen LogP contribution in [0.1, 0.15) is 50.3 Å². The highest BCUT2D eigenvalue weighted by molar-refractivity contribution is 7.99. The fourth-order valence-corrected chi connectivity index (χ4v) is 6.43. The summed E-state index contributed by atoms with van der Waals surface area (Å²) in [6, 6.07) is 15.4. The molecule has 1 aliphatic rings. The number of aromatic nitrogens is 1. The number of methoxy groups -OCH3 is 2. The van der Waals surface area contributed by atoms with Crippen LogP contribution in [-0.4, -0.2) is 60.6 Å². The molecule has 1 N–H and O–H groups in total. The van der Waals surface area contributed by atoms with Crippen molar-refractivity contribution in [2.45, 2.75) is 49.6 Å². The fourth-order valence-electron chi connectivity index (χ4n) is 5.59. The van der Waals surface area contributed by atoms with Crippen molar-refractivity contribution in [3.8, 4) is 11.5 Å². The summed E-state index contributed by atoms with van der Waals surface area (Å²) in [4.78, 5) is 19.4. The molecule has 3 atom stereocenters. The minimum Gasteiger partial charge on any atom is -0.497 e. The van der Waals surface area contributed by atoms with Crippen molar-refractivity contribution >= 4 is 28.6 Å². The predicted molar refractivity (Wildman–Crippen MR) is 155 cm³/mol. The van der Waals surface area contributed by atoms with E-state index >= 15 is 4.39 Å². The van der Waals surface area contributed by atoms with Gasteiger partial charge in [0.1, 0.15) is 17.7 Å². The van der Waals surface area contributed by atoms with E-state index in [1.165, 1.54) is 4.90 Å². The summed E-state index contributed by atoms with van der Waals surface area (Å²) >= 11 is 1.84. The van der Waals surface area contributed by atoms with Crippen LogP contribution in [0.5, 0.6) is 11.5 Å². The van der Waals surface area contributed by atoms with E-state index in [0.29, 0.717) is 30.1 Å². The first-order valence-corrected chi connectivity index (χ1v) is 14.7. The highest BCUT2D eigenvalue weighted by atomic mass is 32.2. The van der Waals surface area contributed by atoms with Crippen LogP contribution in [0.25, 0.3) is 10.9 Å². The Bertz CT molecular complexity index is 1210. The Balaban J connectivity index is 1.30. The number of thioether (sulfide) groups is 1. The number of hydrogen-bond acceptors (Lipinski definition) is 6. The zero-order chi connectivity index (χ0) is 27.6. The van der Waals surface area contributed by atoms with Crippen molar-refractivity contribution < 1.29 is 23.8 Å². The molecule has 0 saturated carbocycles. The third kappa shape index (κ3) is 8.32. The zero-order valence-electron chi connectivity index (χ0n) is 22.9. The van der Waals surface area contributed by atoms with Crippen LogP contribution in [-0.2, 0) is 4.79 Å². The van der Waals surface area contributed by atoms with Gasteiger partial charge in [-0.15, -0.1) is 11.8 Å². The largest absolute Gasteiger partial charge is 0.497 e. The number of hydrogen-bond donors (Lipinski definition) is 1. The normalized spacial score (nSPS) is 18.6. The first-order chi connectivity index (χ1) is 19.0. The van der Waals surface area contributed by atoms with Crippen molar-refractivity contribution in [1.82, 2.24) is 9.88 Å². The molecule has 6 nitrogen and oxygen atoms in total. The van der Waals surface area contributed by atoms with Gasteiger partial charge in [-0.25, -0.2) is 4.39 Å². The Labute approximate surface area is 234 Å². The second-order valence-electron chi connectivity index (χ2n) is 10.2. The summed E-state index contributed by atoms with van der Waals surface area (Å²) in [5.74, 6) is 2.42. The summed E-state index contributed by atoms with van der Waals surface area (Å²) in [6.07, 6.45) is 4.59. The molecule has 0 amide bonds. The van der Waals surface area contributed by atoms with Gasteiger partial charge in [0.15, 0.2) is 0 Å². The number of carboxylic acids is 1. The second kappa shape index (κ2) is 14.5. The third-order valence-electron chi connectivity index (χ3n) is 7.76. The number of aliphatic carboxylic acids is 1. The van der Waals surface area contributed by atoms with Crippen LogP contribution in [0.4, 0.5) is 4.39 Å². The Kier molecular flexibility index (Phi) is 10.9. The lowest BCUT2D eigenvalue weighted by atomic mass is 9.79. The molecule has 1 unspecified atom stereocenters. The topological polar surface area (TPSA) is 71.9 Å². The van der Waals surface area contributed by atoms with Crippen molar-refractivity contribution in [3.63, 3.8) is 0 Å². The van der Waals surface area contributed by atoms with E-state index < -0.39 is 12.1 Å². The number of likely N-dealkylation sites (tertiary alicyclic amines) is 1. The lowest BCUT2D eigenvalue weighted by Gasteiger charge is -2.39. The van der Waals surface area contributed by atoms with E-state index in [1.807, 2.05) is 42.1 Å². The maximum absolute atomic E-state index is 15.6. The Morgan fingerprint density at radius 1 is 1.10 bits per heavy atom. The van der Waals surface area contributed by atoms with Gasteiger partial charge in [-0.05, 0) is 117 Å². The number of carbonyl (C=O) groups is 1. The zero-order valence-corrected chi connectivity index (χ0v) is 23.7. The van der Waals surface area contributed by atoms with Crippen LogP contribution in [0.3, 0.4) is 0 Å². The molecule has 210 valence electrons. The summed E-state index contributed by atoms with van der Waals surface area (Å²) in [5, 5.41) is 10.1. The van der Waals surface area contributed by atoms with Gasteiger partial charge < -0.3 is 19.5 Å². The lowest BCUT2D eigenvalue weighted by molar-refractivity contribution is -0.137. The molecule has 0 bridgehead atoms. The standard InChI is InChI=1S/C31H39FN2O4S/c1-37-24-6-9-26(10-7-24)39-19-3-17-34-18-15-22(23(21-34)5-13-31(35)36)4-11-29(32)27-14-16-33-30-12-8-25(38-2)20-28(27)30/h6-10,12,14,16,20,22-23,29H,3-5,11,13,15,17-19,21H2,1-2H3,(H,35,36)/t22-,23+,29?/m1/s1. The highest BCUT2D eigenvalue weighted by Gasteiger charge is 2.30. The number of carboxylic acid groups (broad SMARTS) is 1. The Morgan fingerprint density at radius 2 is 1.87 bits per heavy atom. The van der Waals surface area contributed by atoms with E-state index in [4.69, 9.17) is 9.47 Å². The molecular weight excluding hydrogens is 515 g/mol. The minimum absolute atomic E-state index is 0.163. The van der Waals surface area contributed by atoms with Gasteiger partial charge >= 0.3 is 5.97 Å². The molecule has 2 aromatic carbocycles. The van der Waals surface area contributed by atoms with Gasteiger partial charge in [-0.2, -0.15) is 0 Å². The van der Waals surface area contributed by atoms with Gasteiger partial charge in [0, 0.05) is 29.4 Å². The van der Waals surface area contributed by atoms with E-state index in [9.17, 15) is 9.90 Å².